The van der Waals surface area contributed by atoms with Crippen molar-refractivity contribution in [2.75, 3.05) is 17.6 Å². The molecule has 0 bridgehead atoms. The summed E-state index contributed by atoms with van der Waals surface area (Å²) in [6.45, 7) is 0.578. The Morgan fingerprint density at radius 1 is 1.11 bits per heavy atom. The quantitative estimate of drug-likeness (QED) is 0.447. The summed E-state index contributed by atoms with van der Waals surface area (Å²) < 4.78 is 0. The average molecular weight is 404 g/mol. The van der Waals surface area contributed by atoms with Crippen molar-refractivity contribution >= 4 is 41.0 Å². The van der Waals surface area contributed by atoms with E-state index in [1.165, 1.54) is 4.90 Å². The Balaban J connectivity index is 1.41. The van der Waals surface area contributed by atoms with Crippen molar-refractivity contribution < 1.29 is 9.59 Å². The molecule has 1 aliphatic rings. The minimum Gasteiger partial charge on any atom is -0.349 e. The highest BCUT2D eigenvalue weighted by atomic mass is 35.5. The molecule has 2 aromatic rings. The molecule has 142 valence electrons. The minimum absolute atomic E-state index is 0.204. The number of nitrogens with one attached hydrogen (secondary N) is 3. The van der Waals surface area contributed by atoms with Gasteiger partial charge in [0.25, 0.3) is 5.91 Å². The molecule has 0 atom stereocenters. The first-order valence-electron chi connectivity index (χ1n) is 8.95. The maximum atomic E-state index is 12.2. The van der Waals surface area contributed by atoms with Crippen LogP contribution in [-0.2, 0) is 0 Å². The molecule has 0 radical (unpaired) electrons. The van der Waals surface area contributed by atoms with Crippen LogP contribution in [0.15, 0.2) is 53.4 Å². The second-order valence-corrected chi connectivity index (χ2v) is 7.91. The second kappa shape index (κ2) is 9.67. The van der Waals surface area contributed by atoms with Crippen LogP contribution in [0.5, 0.6) is 0 Å². The van der Waals surface area contributed by atoms with Crippen molar-refractivity contribution in [1.29, 1.82) is 0 Å². The number of carbonyl (C=O) groups is 2. The van der Waals surface area contributed by atoms with Gasteiger partial charge >= 0.3 is 6.03 Å². The lowest BCUT2D eigenvalue weighted by atomic mass is 10.2. The van der Waals surface area contributed by atoms with Gasteiger partial charge < -0.3 is 16.0 Å². The van der Waals surface area contributed by atoms with E-state index in [2.05, 4.69) is 28.1 Å². The van der Waals surface area contributed by atoms with Gasteiger partial charge in [-0.1, -0.05) is 29.8 Å². The van der Waals surface area contributed by atoms with Crippen molar-refractivity contribution in [3.63, 3.8) is 0 Å². The van der Waals surface area contributed by atoms with Crippen LogP contribution in [0.25, 0.3) is 0 Å². The number of urea groups is 1. The maximum absolute atomic E-state index is 12.2. The summed E-state index contributed by atoms with van der Waals surface area (Å²) in [6.07, 6.45) is 2.88. The van der Waals surface area contributed by atoms with Gasteiger partial charge in [0.2, 0.25) is 0 Å². The molecule has 3 amide bonds. The highest BCUT2D eigenvalue weighted by molar-refractivity contribution is 7.99. The largest absolute Gasteiger partial charge is 0.349 e. The molecule has 0 aromatic heterocycles. The summed E-state index contributed by atoms with van der Waals surface area (Å²) in [5, 5.41) is 8.84. The smallest absolute Gasteiger partial charge is 0.319 e. The van der Waals surface area contributed by atoms with Crippen LogP contribution >= 0.6 is 23.4 Å². The Kier molecular flexibility index (Phi) is 7.01. The van der Waals surface area contributed by atoms with E-state index in [-0.39, 0.29) is 18.0 Å². The molecule has 1 fully saturated rings. The summed E-state index contributed by atoms with van der Waals surface area (Å²) in [5.41, 5.74) is 0.914. The number of rotatable bonds is 8. The van der Waals surface area contributed by atoms with E-state index in [1.807, 2.05) is 18.2 Å². The van der Waals surface area contributed by atoms with Gasteiger partial charge in [-0.05, 0) is 55.3 Å². The molecule has 1 saturated carbocycles. The van der Waals surface area contributed by atoms with Gasteiger partial charge in [-0.3, -0.25) is 4.79 Å². The molecule has 3 N–H and O–H groups in total. The van der Waals surface area contributed by atoms with E-state index >= 15 is 0 Å². The first-order valence-corrected chi connectivity index (χ1v) is 10.3. The van der Waals surface area contributed by atoms with Gasteiger partial charge in [-0.2, -0.15) is 0 Å². The normalized spacial score (nSPS) is 13.1. The summed E-state index contributed by atoms with van der Waals surface area (Å²) in [6, 6.07) is 15.0. The van der Waals surface area contributed by atoms with Crippen LogP contribution in [-0.4, -0.2) is 30.3 Å². The standard InChI is InChI=1S/C20H22ClN3O2S/c21-18-10-9-15(13-17(18)19(25)23-14-7-8-14)24-20(26)22-11-4-12-27-16-5-2-1-3-6-16/h1-3,5-6,9-10,13-14H,4,7-8,11-12H2,(H,23,25)(H2,22,24,26). The number of hydrogen-bond acceptors (Lipinski definition) is 3. The van der Waals surface area contributed by atoms with Gasteiger partial charge in [0.1, 0.15) is 0 Å². The number of anilines is 1. The summed E-state index contributed by atoms with van der Waals surface area (Å²) in [7, 11) is 0. The maximum Gasteiger partial charge on any atom is 0.319 e. The molecular formula is C20H22ClN3O2S. The fraction of sp³-hybridized carbons (Fsp3) is 0.300. The molecule has 2 aromatic carbocycles. The number of benzene rings is 2. The number of halogens is 1. The van der Waals surface area contributed by atoms with E-state index in [0.717, 1.165) is 25.0 Å². The van der Waals surface area contributed by atoms with E-state index in [9.17, 15) is 9.59 Å². The zero-order chi connectivity index (χ0) is 19.1. The Hall–Kier alpha value is -2.18. The molecule has 3 rings (SSSR count). The number of carbonyl (C=O) groups excluding carboxylic acids is 2. The van der Waals surface area contributed by atoms with Crippen LogP contribution < -0.4 is 16.0 Å². The van der Waals surface area contributed by atoms with E-state index in [0.29, 0.717) is 22.8 Å². The van der Waals surface area contributed by atoms with Crippen LogP contribution in [0.4, 0.5) is 10.5 Å². The highest BCUT2D eigenvalue weighted by Gasteiger charge is 2.24. The van der Waals surface area contributed by atoms with Gasteiger partial charge in [0, 0.05) is 23.2 Å². The molecule has 0 unspecified atom stereocenters. The second-order valence-electron chi connectivity index (χ2n) is 6.34. The topological polar surface area (TPSA) is 70.2 Å². The van der Waals surface area contributed by atoms with Crippen molar-refractivity contribution in [3.05, 3.63) is 59.1 Å². The zero-order valence-corrected chi connectivity index (χ0v) is 16.4. The summed E-state index contributed by atoms with van der Waals surface area (Å²) >= 11 is 7.87. The lowest BCUT2D eigenvalue weighted by Crippen LogP contribution is -2.30. The lowest BCUT2D eigenvalue weighted by Gasteiger charge is -2.10. The SMILES string of the molecule is O=C(NCCCSc1ccccc1)Nc1ccc(Cl)c(C(=O)NC2CC2)c1. The van der Waals surface area contributed by atoms with Crippen LogP contribution in [0.3, 0.4) is 0 Å². The Morgan fingerprint density at radius 2 is 1.89 bits per heavy atom. The summed E-state index contributed by atoms with van der Waals surface area (Å²) in [5.74, 6) is 0.723. The van der Waals surface area contributed by atoms with Crippen molar-refractivity contribution in [2.24, 2.45) is 0 Å². The zero-order valence-electron chi connectivity index (χ0n) is 14.8. The summed E-state index contributed by atoms with van der Waals surface area (Å²) in [4.78, 5) is 25.4. The molecule has 7 heteroatoms. The van der Waals surface area contributed by atoms with Crippen LogP contribution in [0.2, 0.25) is 5.02 Å². The number of amides is 3. The molecule has 0 aliphatic heterocycles. The van der Waals surface area contributed by atoms with Crippen molar-refractivity contribution in [2.45, 2.75) is 30.2 Å². The fourth-order valence-corrected chi connectivity index (χ4v) is 3.50. The Bertz CT molecular complexity index is 797. The number of thioether (sulfide) groups is 1. The molecule has 1 aliphatic carbocycles. The van der Waals surface area contributed by atoms with Gasteiger partial charge in [-0.25, -0.2) is 4.79 Å². The lowest BCUT2D eigenvalue weighted by molar-refractivity contribution is 0.0951. The van der Waals surface area contributed by atoms with E-state index in [1.54, 1.807) is 30.0 Å². The van der Waals surface area contributed by atoms with Gasteiger partial charge in [0.15, 0.2) is 0 Å². The molecular weight excluding hydrogens is 382 g/mol. The number of hydrogen-bond donors (Lipinski definition) is 3. The van der Waals surface area contributed by atoms with Crippen molar-refractivity contribution in [3.8, 4) is 0 Å². The molecule has 5 nitrogen and oxygen atoms in total. The minimum atomic E-state index is -0.296. The average Bonchev–Trinajstić information content (AvgIpc) is 3.48. The molecule has 27 heavy (non-hydrogen) atoms. The van der Waals surface area contributed by atoms with Crippen LogP contribution in [0.1, 0.15) is 29.6 Å². The van der Waals surface area contributed by atoms with E-state index < -0.39 is 0 Å². The highest BCUT2D eigenvalue weighted by Crippen LogP contribution is 2.24. The third-order valence-electron chi connectivity index (χ3n) is 4.00. The first-order chi connectivity index (χ1) is 13.1. The monoisotopic (exact) mass is 403 g/mol. The van der Waals surface area contributed by atoms with Gasteiger partial charge in [0.05, 0.1) is 10.6 Å². The third-order valence-corrected chi connectivity index (χ3v) is 5.43. The molecule has 0 heterocycles. The first kappa shape index (κ1) is 19.6. The molecule has 0 spiro atoms. The predicted molar refractivity (Wildman–Crippen MR) is 111 cm³/mol. The third kappa shape index (κ3) is 6.48. The van der Waals surface area contributed by atoms with Crippen molar-refractivity contribution in [1.82, 2.24) is 10.6 Å². The van der Waals surface area contributed by atoms with Gasteiger partial charge in [-0.15, -0.1) is 11.8 Å². The Morgan fingerprint density at radius 3 is 2.63 bits per heavy atom. The van der Waals surface area contributed by atoms with Crippen LogP contribution in [0, 0.1) is 0 Å². The van der Waals surface area contributed by atoms with E-state index in [4.69, 9.17) is 11.6 Å². The Labute approximate surface area is 168 Å². The predicted octanol–water partition coefficient (Wildman–Crippen LogP) is 4.54. The fourth-order valence-electron chi connectivity index (χ4n) is 2.42. The molecule has 0 saturated heterocycles.